The molecule has 0 saturated carbocycles. The molecule has 0 saturated heterocycles. The molecule has 1 heterocycles. The predicted molar refractivity (Wildman–Crippen MR) is 106 cm³/mol. The van der Waals surface area contributed by atoms with Gasteiger partial charge >= 0.3 is 5.69 Å². The normalized spacial score (nSPS) is 11.5. The number of hydrogen-bond acceptors (Lipinski definition) is 5. The molecule has 8 heteroatoms. The summed E-state index contributed by atoms with van der Waals surface area (Å²) in [6.07, 6.45) is 0. The van der Waals surface area contributed by atoms with Crippen LogP contribution in [0, 0.1) is 17.1 Å². The first-order chi connectivity index (χ1) is 13.9. The first-order valence-corrected chi connectivity index (χ1v) is 8.83. The summed E-state index contributed by atoms with van der Waals surface area (Å²) < 4.78 is 21.6. The Morgan fingerprint density at radius 2 is 1.72 bits per heavy atom. The minimum Gasteiger partial charge on any atom is -0.488 e. The second-order valence-electron chi connectivity index (χ2n) is 6.39. The van der Waals surface area contributed by atoms with Gasteiger partial charge < -0.3 is 10.1 Å². The van der Waals surface area contributed by atoms with Gasteiger partial charge in [-0.2, -0.15) is 5.26 Å². The molecule has 0 aliphatic heterocycles. The lowest BCUT2D eigenvalue weighted by atomic mass is 10.1. The molecule has 7 nitrogen and oxygen atoms in total. The van der Waals surface area contributed by atoms with Gasteiger partial charge in [-0.15, -0.1) is 0 Å². The topological polar surface area (TPSA) is 89.1 Å². The summed E-state index contributed by atoms with van der Waals surface area (Å²) in [5.74, 6) is -0.349. The van der Waals surface area contributed by atoms with Gasteiger partial charge in [-0.25, -0.2) is 9.18 Å². The average molecular weight is 394 g/mol. The Hall–Kier alpha value is -3.86. The fourth-order valence-corrected chi connectivity index (χ4v) is 2.92. The van der Waals surface area contributed by atoms with E-state index in [1.165, 1.54) is 30.8 Å². The zero-order valence-corrected chi connectivity index (χ0v) is 15.9. The van der Waals surface area contributed by atoms with Crippen LogP contribution in [0.3, 0.4) is 0 Å². The van der Waals surface area contributed by atoms with E-state index in [1.54, 1.807) is 12.1 Å². The number of halogens is 1. The first-order valence-electron chi connectivity index (χ1n) is 8.83. The maximum Gasteiger partial charge on any atom is 0.332 e. The Bertz CT molecular complexity index is 1180. The maximum atomic E-state index is 13.9. The number of hydrogen-bond donors (Lipinski definition) is 1. The average Bonchev–Trinajstić information content (AvgIpc) is 2.74. The van der Waals surface area contributed by atoms with E-state index in [-0.39, 0.29) is 23.7 Å². The summed E-state index contributed by atoms with van der Waals surface area (Å²) in [6.45, 7) is -0.000778. The van der Waals surface area contributed by atoms with Gasteiger partial charge in [0.2, 0.25) is 0 Å². The molecule has 1 aromatic heterocycles. The third-order valence-corrected chi connectivity index (χ3v) is 4.53. The molecule has 1 unspecified atom stereocenters. The van der Waals surface area contributed by atoms with Gasteiger partial charge in [-0.3, -0.25) is 13.9 Å². The van der Waals surface area contributed by atoms with Crippen LogP contribution in [-0.2, 0) is 14.1 Å². The van der Waals surface area contributed by atoms with Gasteiger partial charge in [-0.1, -0.05) is 42.5 Å². The second kappa shape index (κ2) is 8.44. The molecule has 0 spiro atoms. The van der Waals surface area contributed by atoms with Crippen molar-refractivity contribution in [3.8, 4) is 11.8 Å². The number of benzene rings is 2. The van der Waals surface area contributed by atoms with Crippen LogP contribution in [0.15, 0.2) is 64.2 Å². The quantitative estimate of drug-likeness (QED) is 0.693. The highest BCUT2D eigenvalue weighted by molar-refractivity contribution is 5.52. The van der Waals surface area contributed by atoms with E-state index in [4.69, 9.17) is 4.74 Å². The number of nitrogens with one attached hydrogen (secondary N) is 1. The molecule has 0 aliphatic carbocycles. The highest BCUT2D eigenvalue weighted by Crippen LogP contribution is 2.23. The van der Waals surface area contributed by atoms with Crippen molar-refractivity contribution < 1.29 is 9.13 Å². The third kappa shape index (κ3) is 4.04. The Kier molecular flexibility index (Phi) is 5.79. The van der Waals surface area contributed by atoms with Gasteiger partial charge in [-0.05, 0) is 17.7 Å². The van der Waals surface area contributed by atoms with Gasteiger partial charge in [0.1, 0.15) is 18.5 Å². The number of rotatable bonds is 6. The summed E-state index contributed by atoms with van der Waals surface area (Å²) in [4.78, 5) is 24.7. The van der Waals surface area contributed by atoms with Crippen LogP contribution in [0.1, 0.15) is 17.2 Å². The molecular formula is C21H19FN4O3. The van der Waals surface area contributed by atoms with Crippen molar-refractivity contribution in [1.29, 1.82) is 5.26 Å². The molecule has 0 bridgehead atoms. The van der Waals surface area contributed by atoms with E-state index in [0.29, 0.717) is 0 Å². The number of nitriles is 1. The van der Waals surface area contributed by atoms with E-state index in [1.807, 2.05) is 36.4 Å². The van der Waals surface area contributed by atoms with E-state index in [2.05, 4.69) is 5.32 Å². The molecule has 0 aliphatic rings. The van der Waals surface area contributed by atoms with E-state index in [9.17, 15) is 19.2 Å². The van der Waals surface area contributed by atoms with Gasteiger partial charge in [0, 0.05) is 14.1 Å². The lowest BCUT2D eigenvalue weighted by Crippen LogP contribution is -2.40. The minimum atomic E-state index is -0.695. The molecule has 148 valence electrons. The van der Waals surface area contributed by atoms with Crippen LogP contribution in [0.25, 0.3) is 0 Å². The fourth-order valence-electron chi connectivity index (χ4n) is 2.92. The second-order valence-corrected chi connectivity index (χ2v) is 6.39. The van der Waals surface area contributed by atoms with Crippen LogP contribution in [-0.4, -0.2) is 15.7 Å². The van der Waals surface area contributed by atoms with Crippen molar-refractivity contribution >= 4 is 5.82 Å². The van der Waals surface area contributed by atoms with Crippen molar-refractivity contribution in [2.75, 3.05) is 11.9 Å². The lowest BCUT2D eigenvalue weighted by Gasteiger charge is -2.23. The van der Waals surface area contributed by atoms with Gasteiger partial charge in [0.15, 0.2) is 17.1 Å². The molecule has 0 amide bonds. The fraction of sp³-hybridized carbons (Fsp3) is 0.190. The maximum absolute atomic E-state index is 13.9. The van der Waals surface area contributed by atoms with Crippen LogP contribution in [0.5, 0.6) is 5.75 Å². The molecule has 0 fully saturated rings. The van der Waals surface area contributed by atoms with Gasteiger partial charge in [0.25, 0.3) is 5.56 Å². The number of para-hydroxylation sites is 1. The zero-order chi connectivity index (χ0) is 21.0. The Balaban J connectivity index is 2.01. The van der Waals surface area contributed by atoms with Crippen LogP contribution in [0.2, 0.25) is 0 Å². The smallest absolute Gasteiger partial charge is 0.332 e. The molecule has 2 aromatic carbocycles. The summed E-state index contributed by atoms with van der Waals surface area (Å²) >= 11 is 0. The highest BCUT2D eigenvalue weighted by Gasteiger charge is 2.20. The van der Waals surface area contributed by atoms with Crippen LogP contribution < -0.4 is 21.3 Å². The summed E-state index contributed by atoms with van der Waals surface area (Å²) in [7, 11) is 2.77. The van der Waals surface area contributed by atoms with Crippen LogP contribution >= 0.6 is 0 Å². The molecule has 1 atom stereocenters. The molecular weight excluding hydrogens is 375 g/mol. The lowest BCUT2D eigenvalue weighted by molar-refractivity contribution is 0.284. The van der Waals surface area contributed by atoms with Crippen molar-refractivity contribution in [2.45, 2.75) is 6.04 Å². The summed E-state index contributed by atoms with van der Waals surface area (Å²) in [5, 5.41) is 12.5. The molecule has 1 N–H and O–H groups in total. The number of ether oxygens (including phenoxy) is 1. The Labute approximate surface area is 166 Å². The SMILES string of the molecule is Cn1c(NC(COc2ccccc2F)c2ccccc2)c(C#N)c(=O)n(C)c1=O. The molecule has 3 aromatic rings. The van der Waals surface area contributed by atoms with Gasteiger partial charge in [0.05, 0.1) is 6.04 Å². The van der Waals surface area contributed by atoms with Crippen molar-refractivity contribution in [3.05, 3.63) is 92.4 Å². The third-order valence-electron chi connectivity index (χ3n) is 4.53. The summed E-state index contributed by atoms with van der Waals surface area (Å²) in [6, 6.07) is 16.4. The largest absolute Gasteiger partial charge is 0.488 e. The number of aromatic nitrogens is 2. The van der Waals surface area contributed by atoms with Crippen LogP contribution in [0.4, 0.5) is 10.2 Å². The highest BCUT2D eigenvalue weighted by atomic mass is 19.1. The predicted octanol–water partition coefficient (Wildman–Crippen LogP) is 2.33. The number of anilines is 1. The van der Waals surface area contributed by atoms with Crippen molar-refractivity contribution in [2.24, 2.45) is 14.1 Å². The summed E-state index contributed by atoms with van der Waals surface area (Å²) in [5.41, 5.74) is -0.680. The first kappa shape index (κ1) is 19.9. The minimum absolute atomic E-state index is 0.000778. The monoisotopic (exact) mass is 394 g/mol. The van der Waals surface area contributed by atoms with Crippen molar-refractivity contribution in [1.82, 2.24) is 9.13 Å². The molecule has 3 rings (SSSR count). The standard InChI is InChI=1S/C21H19FN4O3/c1-25-19(15(12-23)20(27)26(2)21(25)28)24-17(14-8-4-3-5-9-14)13-29-18-11-7-6-10-16(18)22/h3-11,17,24H,13H2,1-2H3. The Morgan fingerprint density at radius 1 is 1.07 bits per heavy atom. The van der Waals surface area contributed by atoms with E-state index < -0.39 is 23.1 Å². The van der Waals surface area contributed by atoms with E-state index in [0.717, 1.165) is 10.1 Å². The number of nitrogens with zero attached hydrogens (tertiary/aromatic N) is 3. The van der Waals surface area contributed by atoms with E-state index >= 15 is 0 Å². The molecule has 0 radical (unpaired) electrons. The Morgan fingerprint density at radius 3 is 2.38 bits per heavy atom. The zero-order valence-electron chi connectivity index (χ0n) is 15.9. The molecule has 29 heavy (non-hydrogen) atoms. The van der Waals surface area contributed by atoms with Crippen molar-refractivity contribution in [3.63, 3.8) is 0 Å².